The Labute approximate surface area is 97.6 Å². The summed E-state index contributed by atoms with van der Waals surface area (Å²) in [4.78, 5) is 0. The van der Waals surface area contributed by atoms with Gasteiger partial charge in [0.2, 0.25) is 0 Å². The lowest BCUT2D eigenvalue weighted by Crippen LogP contribution is -2.50. The highest BCUT2D eigenvalue weighted by Crippen LogP contribution is 2.45. The molecule has 0 aliphatic heterocycles. The summed E-state index contributed by atoms with van der Waals surface area (Å²) >= 11 is 0. The molecule has 1 aromatic rings. The molecule has 0 saturated heterocycles. The monoisotopic (exact) mass is 213 g/mol. The van der Waals surface area contributed by atoms with Gasteiger partial charge in [-0.3, -0.25) is 0 Å². The van der Waals surface area contributed by atoms with E-state index in [0.29, 0.717) is 0 Å². The van der Waals surface area contributed by atoms with Crippen LogP contribution in [0, 0.1) is 5.92 Å². The first kappa shape index (κ1) is 10.1. The second-order valence-electron chi connectivity index (χ2n) is 5.03. The summed E-state index contributed by atoms with van der Waals surface area (Å²) in [5, 5.41) is 3.62. The number of hydrogen-bond donors (Lipinski definition) is 1. The fraction of sp³-hybridized carbons (Fsp3) is 0.467. The van der Waals surface area contributed by atoms with Crippen molar-refractivity contribution in [3.8, 4) is 0 Å². The van der Waals surface area contributed by atoms with Gasteiger partial charge in [0.25, 0.3) is 0 Å². The first-order valence-electron chi connectivity index (χ1n) is 6.29. The maximum absolute atomic E-state index is 3.62. The van der Waals surface area contributed by atoms with Gasteiger partial charge in [-0.1, -0.05) is 36.4 Å². The standard InChI is InChI=1S/C15H19N/c1-16-15-11-5-4-7-13(15)10-9-12-6-2-3-8-14(12)15/h2-6,8,13,16H,7,9-11H2,1H3/t13-,15+/m1/s1. The second-order valence-corrected chi connectivity index (χ2v) is 5.03. The van der Waals surface area contributed by atoms with Gasteiger partial charge in [0.05, 0.1) is 5.54 Å². The minimum absolute atomic E-state index is 0.212. The fourth-order valence-corrected chi connectivity index (χ4v) is 3.54. The molecule has 0 amide bonds. The normalized spacial score (nSPS) is 31.9. The second kappa shape index (κ2) is 3.74. The van der Waals surface area contributed by atoms with Crippen molar-refractivity contribution in [3.05, 3.63) is 47.5 Å². The van der Waals surface area contributed by atoms with Gasteiger partial charge in [0.1, 0.15) is 0 Å². The van der Waals surface area contributed by atoms with Crippen LogP contribution in [0.1, 0.15) is 30.4 Å². The van der Waals surface area contributed by atoms with E-state index in [1.165, 1.54) is 24.8 Å². The number of hydrogen-bond acceptors (Lipinski definition) is 1. The highest BCUT2D eigenvalue weighted by atomic mass is 15.0. The van der Waals surface area contributed by atoms with Crippen molar-refractivity contribution < 1.29 is 0 Å². The predicted molar refractivity (Wildman–Crippen MR) is 67.4 cm³/mol. The van der Waals surface area contributed by atoms with E-state index in [2.05, 4.69) is 48.8 Å². The van der Waals surface area contributed by atoms with Crippen molar-refractivity contribution in [1.29, 1.82) is 0 Å². The molecular formula is C15H19N. The van der Waals surface area contributed by atoms with Crippen LogP contribution in [0.2, 0.25) is 0 Å². The van der Waals surface area contributed by atoms with E-state index in [-0.39, 0.29) is 5.54 Å². The third kappa shape index (κ3) is 1.28. The lowest BCUT2D eigenvalue weighted by Gasteiger charge is -2.47. The molecule has 0 bridgehead atoms. The molecule has 1 nitrogen and oxygen atoms in total. The zero-order chi connectivity index (χ0) is 11.0. The average molecular weight is 213 g/mol. The molecule has 1 aromatic carbocycles. The molecule has 16 heavy (non-hydrogen) atoms. The van der Waals surface area contributed by atoms with Crippen LogP contribution in [0.25, 0.3) is 0 Å². The van der Waals surface area contributed by atoms with Gasteiger partial charge in [-0.25, -0.2) is 0 Å². The Morgan fingerprint density at radius 2 is 2.12 bits per heavy atom. The summed E-state index contributed by atoms with van der Waals surface area (Å²) in [6.07, 6.45) is 9.64. The van der Waals surface area contributed by atoms with E-state index < -0.39 is 0 Å². The minimum atomic E-state index is 0.212. The highest BCUT2D eigenvalue weighted by Gasteiger charge is 2.42. The van der Waals surface area contributed by atoms with Crippen molar-refractivity contribution in [3.63, 3.8) is 0 Å². The number of allylic oxidation sites excluding steroid dienone is 1. The predicted octanol–water partition coefficient (Wildman–Crippen LogP) is 3.01. The fourth-order valence-electron chi connectivity index (χ4n) is 3.54. The van der Waals surface area contributed by atoms with Crippen molar-refractivity contribution in [2.45, 2.75) is 31.2 Å². The quantitative estimate of drug-likeness (QED) is 0.707. The SMILES string of the molecule is CN[C@@]12CC=CC[C@@H]1CCc1ccccc12. The van der Waals surface area contributed by atoms with Crippen LogP contribution in [0.15, 0.2) is 36.4 Å². The highest BCUT2D eigenvalue weighted by molar-refractivity contribution is 5.39. The minimum Gasteiger partial charge on any atom is -0.310 e. The van der Waals surface area contributed by atoms with Gasteiger partial charge >= 0.3 is 0 Å². The van der Waals surface area contributed by atoms with Crippen LogP contribution in [0.3, 0.4) is 0 Å². The molecule has 2 aliphatic carbocycles. The van der Waals surface area contributed by atoms with Crippen LogP contribution in [-0.2, 0) is 12.0 Å². The summed E-state index contributed by atoms with van der Waals surface area (Å²) in [7, 11) is 2.12. The lowest BCUT2D eigenvalue weighted by atomic mass is 9.64. The number of nitrogens with one attached hydrogen (secondary N) is 1. The molecule has 0 heterocycles. The molecule has 0 spiro atoms. The molecule has 0 unspecified atom stereocenters. The number of aryl methyl sites for hydroxylation is 1. The molecule has 0 saturated carbocycles. The first-order valence-corrected chi connectivity index (χ1v) is 6.29. The molecule has 2 atom stereocenters. The zero-order valence-electron chi connectivity index (χ0n) is 9.87. The summed E-state index contributed by atoms with van der Waals surface area (Å²) < 4.78 is 0. The summed E-state index contributed by atoms with van der Waals surface area (Å²) in [6.45, 7) is 0. The average Bonchev–Trinajstić information content (AvgIpc) is 2.38. The van der Waals surface area contributed by atoms with Crippen LogP contribution in [-0.4, -0.2) is 7.05 Å². The molecule has 2 aliphatic rings. The largest absolute Gasteiger partial charge is 0.310 e. The van der Waals surface area contributed by atoms with E-state index in [0.717, 1.165) is 12.3 Å². The zero-order valence-corrected chi connectivity index (χ0v) is 9.87. The van der Waals surface area contributed by atoms with Gasteiger partial charge in [0, 0.05) is 0 Å². The summed E-state index contributed by atoms with van der Waals surface area (Å²) in [6, 6.07) is 8.96. The molecule has 1 N–H and O–H groups in total. The third-order valence-electron chi connectivity index (χ3n) is 4.43. The molecule has 84 valence electrons. The first-order chi connectivity index (χ1) is 7.87. The van der Waals surface area contributed by atoms with Crippen LogP contribution in [0.5, 0.6) is 0 Å². The number of rotatable bonds is 1. The molecule has 0 fully saturated rings. The lowest BCUT2D eigenvalue weighted by molar-refractivity contribution is 0.187. The van der Waals surface area contributed by atoms with E-state index >= 15 is 0 Å². The maximum atomic E-state index is 3.62. The van der Waals surface area contributed by atoms with Gasteiger partial charge in [-0.15, -0.1) is 0 Å². The molecule has 0 aromatic heterocycles. The maximum Gasteiger partial charge on any atom is 0.0501 e. The van der Waals surface area contributed by atoms with Gasteiger partial charge in [0.15, 0.2) is 0 Å². The van der Waals surface area contributed by atoms with Crippen molar-refractivity contribution in [1.82, 2.24) is 5.32 Å². The molecule has 1 heteroatoms. The number of benzene rings is 1. The van der Waals surface area contributed by atoms with Crippen molar-refractivity contribution in [2.75, 3.05) is 7.05 Å². The summed E-state index contributed by atoms with van der Waals surface area (Å²) in [5.41, 5.74) is 3.30. The summed E-state index contributed by atoms with van der Waals surface area (Å²) in [5.74, 6) is 0.775. The van der Waals surface area contributed by atoms with Crippen molar-refractivity contribution in [2.24, 2.45) is 5.92 Å². The van der Waals surface area contributed by atoms with Crippen LogP contribution in [0.4, 0.5) is 0 Å². The third-order valence-corrected chi connectivity index (χ3v) is 4.43. The Hall–Kier alpha value is -1.08. The van der Waals surface area contributed by atoms with E-state index in [1.807, 2.05) is 0 Å². The number of fused-ring (bicyclic) bond motifs is 3. The van der Waals surface area contributed by atoms with Crippen LogP contribution >= 0.6 is 0 Å². The molecule has 3 rings (SSSR count). The Balaban J connectivity index is 2.15. The Morgan fingerprint density at radius 3 is 3.00 bits per heavy atom. The van der Waals surface area contributed by atoms with E-state index in [1.54, 1.807) is 5.56 Å². The molecule has 0 radical (unpaired) electrons. The smallest absolute Gasteiger partial charge is 0.0501 e. The van der Waals surface area contributed by atoms with Crippen LogP contribution < -0.4 is 5.32 Å². The van der Waals surface area contributed by atoms with Crippen molar-refractivity contribution >= 4 is 0 Å². The molecular weight excluding hydrogens is 194 g/mol. The van der Waals surface area contributed by atoms with Gasteiger partial charge < -0.3 is 5.32 Å². The Kier molecular flexibility index (Phi) is 2.36. The van der Waals surface area contributed by atoms with E-state index in [4.69, 9.17) is 0 Å². The van der Waals surface area contributed by atoms with Gasteiger partial charge in [-0.2, -0.15) is 0 Å². The van der Waals surface area contributed by atoms with Gasteiger partial charge in [-0.05, 0) is 49.8 Å². The van der Waals surface area contributed by atoms with E-state index in [9.17, 15) is 0 Å². The topological polar surface area (TPSA) is 12.0 Å². The Bertz CT molecular complexity index is 421. The Morgan fingerprint density at radius 1 is 1.25 bits per heavy atom.